The standard InChI is InChI=1S/C16H18N4O4/c1-9(2)13-7-11(19-24-13)8-20(3)15(21)17-10-4-5-12-14(6-10)23-16(22)18-12/h4-7,9H,8H2,1-3H3,(H,17,21)(H,18,22). The van der Waals surface area contributed by atoms with Crippen molar-refractivity contribution in [2.45, 2.75) is 26.3 Å². The van der Waals surface area contributed by atoms with Gasteiger partial charge in [-0.25, -0.2) is 9.59 Å². The van der Waals surface area contributed by atoms with Crippen LogP contribution in [0.2, 0.25) is 0 Å². The first-order valence-electron chi connectivity index (χ1n) is 7.53. The molecule has 8 nitrogen and oxygen atoms in total. The zero-order chi connectivity index (χ0) is 17.3. The molecule has 0 unspecified atom stereocenters. The number of nitrogens with zero attached hydrogens (tertiary/aromatic N) is 2. The fourth-order valence-corrected chi connectivity index (χ4v) is 2.23. The normalized spacial score (nSPS) is 11.2. The minimum absolute atomic E-state index is 0.244. The van der Waals surface area contributed by atoms with Crippen LogP contribution in [-0.2, 0) is 6.54 Å². The van der Waals surface area contributed by atoms with E-state index in [1.165, 1.54) is 4.90 Å². The van der Waals surface area contributed by atoms with Crippen LogP contribution in [0.25, 0.3) is 11.1 Å². The SMILES string of the molecule is CC(C)c1cc(CN(C)C(=O)Nc2ccc3[nH]c(=O)oc3c2)no1. The van der Waals surface area contributed by atoms with E-state index in [0.29, 0.717) is 29.0 Å². The first kappa shape index (κ1) is 15.9. The molecule has 2 N–H and O–H groups in total. The number of amides is 2. The van der Waals surface area contributed by atoms with E-state index < -0.39 is 5.76 Å². The number of nitrogens with one attached hydrogen (secondary N) is 2. The average Bonchev–Trinajstić information content (AvgIpc) is 3.12. The number of carbonyl (C=O) groups is 1. The van der Waals surface area contributed by atoms with Gasteiger partial charge in [0.05, 0.1) is 12.1 Å². The Hall–Kier alpha value is -3.03. The molecule has 3 aromatic rings. The number of carbonyl (C=O) groups excluding carboxylic acids is 1. The lowest BCUT2D eigenvalue weighted by Crippen LogP contribution is -2.30. The van der Waals surface area contributed by atoms with Gasteiger partial charge in [-0.3, -0.25) is 4.98 Å². The van der Waals surface area contributed by atoms with Crippen molar-refractivity contribution in [3.05, 3.63) is 46.3 Å². The molecule has 0 radical (unpaired) electrons. The Labute approximate surface area is 137 Å². The molecule has 0 aliphatic heterocycles. The summed E-state index contributed by atoms with van der Waals surface area (Å²) in [5.41, 5.74) is 2.18. The maximum absolute atomic E-state index is 12.3. The van der Waals surface area contributed by atoms with Gasteiger partial charge in [0.15, 0.2) is 5.58 Å². The quantitative estimate of drug-likeness (QED) is 0.765. The molecule has 126 valence electrons. The number of urea groups is 1. The van der Waals surface area contributed by atoms with Crippen molar-refractivity contribution in [1.29, 1.82) is 0 Å². The predicted octanol–water partition coefficient (Wildman–Crippen LogP) is 2.90. The van der Waals surface area contributed by atoms with E-state index in [2.05, 4.69) is 15.5 Å². The second-order valence-corrected chi connectivity index (χ2v) is 5.89. The van der Waals surface area contributed by atoms with E-state index in [9.17, 15) is 9.59 Å². The average molecular weight is 330 g/mol. The van der Waals surface area contributed by atoms with Crippen LogP contribution in [0.3, 0.4) is 0 Å². The Morgan fingerprint density at radius 2 is 2.17 bits per heavy atom. The maximum atomic E-state index is 12.3. The molecule has 0 spiro atoms. The highest BCUT2D eigenvalue weighted by Gasteiger charge is 2.14. The molecule has 2 aromatic heterocycles. The number of aromatic nitrogens is 2. The van der Waals surface area contributed by atoms with Gasteiger partial charge in [0.25, 0.3) is 0 Å². The van der Waals surface area contributed by atoms with Gasteiger partial charge in [-0.1, -0.05) is 19.0 Å². The molecule has 0 aliphatic rings. The number of hydrogen-bond acceptors (Lipinski definition) is 5. The van der Waals surface area contributed by atoms with Crippen LogP contribution >= 0.6 is 0 Å². The summed E-state index contributed by atoms with van der Waals surface area (Å²) in [6.45, 7) is 4.34. The maximum Gasteiger partial charge on any atom is 0.417 e. The lowest BCUT2D eigenvalue weighted by atomic mass is 10.1. The summed E-state index contributed by atoms with van der Waals surface area (Å²) < 4.78 is 10.2. The van der Waals surface area contributed by atoms with Crippen LogP contribution in [-0.4, -0.2) is 28.1 Å². The zero-order valence-electron chi connectivity index (χ0n) is 13.6. The van der Waals surface area contributed by atoms with E-state index >= 15 is 0 Å². The number of H-pyrrole nitrogens is 1. The molecule has 8 heteroatoms. The number of hydrogen-bond donors (Lipinski definition) is 2. The summed E-state index contributed by atoms with van der Waals surface area (Å²) in [6.07, 6.45) is 0. The monoisotopic (exact) mass is 330 g/mol. The second-order valence-electron chi connectivity index (χ2n) is 5.89. The number of fused-ring (bicyclic) bond motifs is 1. The minimum atomic E-state index is -0.530. The topological polar surface area (TPSA) is 104 Å². The van der Waals surface area contributed by atoms with Crippen molar-refractivity contribution in [3.63, 3.8) is 0 Å². The van der Waals surface area contributed by atoms with Crippen LogP contribution in [0.5, 0.6) is 0 Å². The van der Waals surface area contributed by atoms with Crippen molar-refractivity contribution in [3.8, 4) is 0 Å². The fourth-order valence-electron chi connectivity index (χ4n) is 2.23. The number of oxazole rings is 1. The highest BCUT2D eigenvalue weighted by Crippen LogP contribution is 2.18. The van der Waals surface area contributed by atoms with Crippen LogP contribution in [0.15, 0.2) is 38.0 Å². The smallest absolute Gasteiger partial charge is 0.408 e. The van der Waals surface area contributed by atoms with Crippen LogP contribution in [0, 0.1) is 0 Å². The summed E-state index contributed by atoms with van der Waals surface area (Å²) in [7, 11) is 1.66. The Morgan fingerprint density at radius 3 is 2.88 bits per heavy atom. The molecule has 2 heterocycles. The highest BCUT2D eigenvalue weighted by atomic mass is 16.5. The predicted molar refractivity (Wildman–Crippen MR) is 87.9 cm³/mol. The van der Waals surface area contributed by atoms with E-state index in [1.807, 2.05) is 19.9 Å². The van der Waals surface area contributed by atoms with E-state index in [1.54, 1.807) is 25.2 Å². The van der Waals surface area contributed by atoms with Gasteiger partial charge in [0, 0.05) is 30.8 Å². The van der Waals surface area contributed by atoms with Gasteiger partial charge < -0.3 is 19.2 Å². The summed E-state index contributed by atoms with van der Waals surface area (Å²) in [5.74, 6) is 0.498. The van der Waals surface area contributed by atoms with Gasteiger partial charge in [-0.2, -0.15) is 0 Å². The number of rotatable bonds is 4. The number of anilines is 1. The Balaban J connectivity index is 1.66. The Bertz CT molecular complexity index is 921. The van der Waals surface area contributed by atoms with Crippen molar-refractivity contribution < 1.29 is 13.7 Å². The van der Waals surface area contributed by atoms with Crippen molar-refractivity contribution >= 4 is 22.8 Å². The third-order valence-corrected chi connectivity index (χ3v) is 3.56. The lowest BCUT2D eigenvalue weighted by Gasteiger charge is -2.16. The van der Waals surface area contributed by atoms with Gasteiger partial charge in [0.1, 0.15) is 11.5 Å². The van der Waals surface area contributed by atoms with Gasteiger partial charge in [-0.05, 0) is 12.1 Å². The summed E-state index contributed by atoms with van der Waals surface area (Å²) in [4.78, 5) is 27.4. The number of benzene rings is 1. The molecule has 0 bridgehead atoms. The van der Waals surface area contributed by atoms with Gasteiger partial charge in [-0.15, -0.1) is 0 Å². The molecule has 0 saturated carbocycles. The third kappa shape index (κ3) is 3.32. The Kier molecular flexibility index (Phi) is 4.11. The fraction of sp³-hybridized carbons (Fsp3) is 0.312. The van der Waals surface area contributed by atoms with Crippen LogP contribution in [0.1, 0.15) is 31.2 Å². The van der Waals surface area contributed by atoms with E-state index in [-0.39, 0.29) is 11.9 Å². The molecule has 0 fully saturated rings. The largest absolute Gasteiger partial charge is 0.417 e. The minimum Gasteiger partial charge on any atom is -0.408 e. The molecule has 24 heavy (non-hydrogen) atoms. The van der Waals surface area contributed by atoms with E-state index in [0.717, 1.165) is 5.76 Å². The lowest BCUT2D eigenvalue weighted by molar-refractivity contribution is 0.219. The van der Waals surface area contributed by atoms with Gasteiger partial charge >= 0.3 is 11.8 Å². The molecular formula is C16H18N4O4. The summed E-state index contributed by atoms with van der Waals surface area (Å²) in [5, 5.41) is 6.71. The van der Waals surface area contributed by atoms with Crippen molar-refractivity contribution in [2.75, 3.05) is 12.4 Å². The third-order valence-electron chi connectivity index (χ3n) is 3.56. The van der Waals surface area contributed by atoms with Crippen molar-refractivity contribution in [2.24, 2.45) is 0 Å². The number of aromatic amines is 1. The molecular weight excluding hydrogens is 312 g/mol. The van der Waals surface area contributed by atoms with E-state index in [4.69, 9.17) is 8.94 Å². The summed E-state index contributed by atoms with van der Waals surface area (Å²) in [6, 6.07) is 6.48. The molecule has 0 atom stereocenters. The molecule has 0 saturated heterocycles. The Morgan fingerprint density at radius 1 is 1.38 bits per heavy atom. The molecule has 1 aromatic carbocycles. The van der Waals surface area contributed by atoms with Crippen molar-refractivity contribution in [1.82, 2.24) is 15.0 Å². The van der Waals surface area contributed by atoms with Gasteiger partial charge in [0.2, 0.25) is 0 Å². The first-order chi connectivity index (χ1) is 11.4. The first-order valence-corrected chi connectivity index (χ1v) is 7.53. The second kappa shape index (κ2) is 6.23. The van der Waals surface area contributed by atoms with Crippen LogP contribution in [0.4, 0.5) is 10.5 Å². The molecule has 2 amide bonds. The summed E-state index contributed by atoms with van der Waals surface area (Å²) >= 11 is 0. The highest BCUT2D eigenvalue weighted by molar-refractivity contribution is 5.91. The zero-order valence-corrected chi connectivity index (χ0v) is 13.6. The molecule has 3 rings (SSSR count). The van der Waals surface area contributed by atoms with Crippen LogP contribution < -0.4 is 11.1 Å². The molecule has 0 aliphatic carbocycles.